The van der Waals surface area contributed by atoms with Crippen LogP contribution in [0.2, 0.25) is 0 Å². The Morgan fingerprint density at radius 2 is 0.826 bits per heavy atom. The molecule has 4 aromatic carbocycles. The van der Waals surface area contributed by atoms with Gasteiger partial charge in [0.15, 0.2) is 23.3 Å². The van der Waals surface area contributed by atoms with Crippen LogP contribution in [0.1, 0.15) is 0 Å². The smallest absolute Gasteiger partial charge is 1.00 e. The van der Waals surface area contributed by atoms with Crippen LogP contribution in [0.5, 0.6) is 0 Å². The Bertz CT molecular complexity index is 2670. The molecule has 0 atom stereocenters. The molecular weight excluding hydrogens is 639 g/mol. The van der Waals surface area contributed by atoms with Crippen LogP contribution in [-0.4, -0.2) is 70.2 Å². The minimum Gasteiger partial charge on any atom is -1.00 e. The number of halogens is 1. The maximum absolute atomic E-state index is 12.1. The van der Waals surface area contributed by atoms with Gasteiger partial charge in [-0.3, -0.25) is 4.55 Å². The predicted octanol–water partition coefficient (Wildman–Crippen LogP) is 2.74. The summed E-state index contributed by atoms with van der Waals surface area (Å²) >= 11 is 0. The summed E-state index contributed by atoms with van der Waals surface area (Å²) in [5, 5.41) is 3.27. The van der Waals surface area contributed by atoms with Gasteiger partial charge in [-0.15, -0.1) is 0 Å². The SMILES string of the molecule is O=S(=O)(O)c1ccc2c(c1)-c1nc-2nc2[nH]c(nc3nc(nc4[nH]c(n1)c1ccccc41)-c1ccccc1-3)c1ccccc21.[Al+3].[Cl-]. The topological polar surface area (TPSA) is 163 Å². The molecule has 9 rings (SSSR count). The zero-order valence-corrected chi connectivity index (χ0v) is 26.2. The van der Waals surface area contributed by atoms with E-state index in [1.54, 1.807) is 6.07 Å². The van der Waals surface area contributed by atoms with E-state index >= 15 is 0 Å². The molecule has 0 saturated carbocycles. The molecule has 2 aliphatic heterocycles. The average molecular weight is 657 g/mol. The third kappa shape index (κ3) is 4.56. The number of benzene rings is 4. The van der Waals surface area contributed by atoms with Crippen LogP contribution in [-0.2, 0) is 10.1 Å². The molecule has 3 aromatic heterocycles. The summed E-state index contributed by atoms with van der Waals surface area (Å²) in [4.78, 5) is 35.7. The molecule has 14 heteroatoms. The molecule has 7 aromatic rings. The Morgan fingerprint density at radius 3 is 1.22 bits per heavy atom. The number of hydrogen-bond acceptors (Lipinski definition) is 8. The number of aromatic nitrogens is 8. The quantitative estimate of drug-likeness (QED) is 0.178. The fraction of sp³-hybridized carbons (Fsp3) is 0. The number of nitrogens with one attached hydrogen (secondary N) is 2. The van der Waals surface area contributed by atoms with Crippen molar-refractivity contribution in [2.75, 3.05) is 0 Å². The molecule has 0 spiro atoms. The number of fused-ring (bicyclic) bond motifs is 20. The van der Waals surface area contributed by atoms with E-state index in [0.29, 0.717) is 51.2 Å². The van der Waals surface area contributed by atoms with Gasteiger partial charge in [-0.25, -0.2) is 29.9 Å². The Labute approximate surface area is 277 Å². The summed E-state index contributed by atoms with van der Waals surface area (Å²) in [7, 11) is -4.48. The van der Waals surface area contributed by atoms with Gasteiger partial charge >= 0.3 is 17.4 Å². The number of rotatable bonds is 1. The normalized spacial score (nSPS) is 11.8. The molecule has 218 valence electrons. The van der Waals surface area contributed by atoms with E-state index in [9.17, 15) is 13.0 Å². The molecular formula is C32H18AlClN8O3S+2. The largest absolute Gasteiger partial charge is 3.00 e. The Hall–Kier alpha value is -5.03. The van der Waals surface area contributed by atoms with E-state index in [1.165, 1.54) is 12.1 Å². The van der Waals surface area contributed by atoms with Crippen molar-refractivity contribution in [1.82, 2.24) is 39.9 Å². The van der Waals surface area contributed by atoms with Gasteiger partial charge in [-0.1, -0.05) is 72.8 Å². The number of H-pyrrole nitrogens is 2. The van der Waals surface area contributed by atoms with Crippen molar-refractivity contribution in [3.63, 3.8) is 0 Å². The first-order valence-corrected chi connectivity index (χ1v) is 15.1. The molecule has 8 bridgehead atoms. The first-order valence-electron chi connectivity index (χ1n) is 13.6. The van der Waals surface area contributed by atoms with E-state index in [1.807, 2.05) is 72.8 Å². The Kier molecular flexibility index (Phi) is 6.97. The molecule has 3 N–H and O–H groups in total. The first-order chi connectivity index (χ1) is 21.4. The maximum atomic E-state index is 12.1. The zero-order valence-electron chi connectivity index (χ0n) is 23.5. The van der Waals surface area contributed by atoms with Crippen molar-refractivity contribution in [2.24, 2.45) is 0 Å². The standard InChI is InChI=1S/C32H18N8O3S.Al.ClH/c41-44(42,43)16-13-14-23-24(15-16)32-39-30-22-12-6-5-11-21(22)28(37-30)35-26-18-8-2-1-7-17(18)25(33-26)34-27-19-9-3-4-10-20(19)29(36-27)38-31(23)40-32;;/h1-15H,(H,41,42,43)(H2,33,34,35,36,37,38,39,40);;1H/q;+3;/p-1. The molecule has 0 aliphatic carbocycles. The van der Waals surface area contributed by atoms with Crippen LogP contribution in [0.4, 0.5) is 0 Å². The van der Waals surface area contributed by atoms with Crippen LogP contribution in [0.25, 0.3) is 89.7 Å². The molecule has 0 saturated heterocycles. The summed E-state index contributed by atoms with van der Waals surface area (Å²) in [5.41, 5.74) is 4.79. The summed E-state index contributed by atoms with van der Waals surface area (Å²) in [5.74, 6) is 1.58. The molecule has 0 amide bonds. The van der Waals surface area contributed by atoms with Crippen molar-refractivity contribution in [1.29, 1.82) is 0 Å². The van der Waals surface area contributed by atoms with Gasteiger partial charge in [0, 0.05) is 43.8 Å². The van der Waals surface area contributed by atoms with Gasteiger partial charge in [-0.2, -0.15) is 8.42 Å². The molecule has 46 heavy (non-hydrogen) atoms. The molecule has 2 aliphatic rings. The minimum atomic E-state index is -4.48. The number of aromatic amines is 2. The predicted molar refractivity (Wildman–Crippen MR) is 172 cm³/mol. The van der Waals surface area contributed by atoms with E-state index < -0.39 is 10.1 Å². The van der Waals surface area contributed by atoms with E-state index in [0.717, 1.165) is 32.7 Å². The van der Waals surface area contributed by atoms with Gasteiger partial charge in [0.1, 0.15) is 22.6 Å². The fourth-order valence-electron chi connectivity index (χ4n) is 5.78. The Balaban J connectivity index is 0.00000169. The molecule has 0 fully saturated rings. The average Bonchev–Trinajstić information content (AvgIpc) is 3.76. The van der Waals surface area contributed by atoms with Crippen molar-refractivity contribution in [3.8, 4) is 45.6 Å². The van der Waals surface area contributed by atoms with E-state index in [-0.39, 0.29) is 40.5 Å². The number of nitrogens with zero attached hydrogens (tertiary/aromatic N) is 6. The fourth-order valence-corrected chi connectivity index (χ4v) is 6.29. The van der Waals surface area contributed by atoms with Crippen LogP contribution < -0.4 is 12.4 Å². The minimum absolute atomic E-state index is 0. The third-order valence-corrected chi connectivity index (χ3v) is 8.67. The monoisotopic (exact) mass is 656 g/mol. The van der Waals surface area contributed by atoms with Crippen LogP contribution in [0.3, 0.4) is 0 Å². The van der Waals surface area contributed by atoms with Gasteiger partial charge in [-0.05, 0) is 18.2 Å². The number of hydrogen-bond donors (Lipinski definition) is 3. The molecule has 0 unspecified atom stereocenters. The van der Waals surface area contributed by atoms with Crippen LogP contribution >= 0.6 is 0 Å². The van der Waals surface area contributed by atoms with Crippen LogP contribution in [0.15, 0.2) is 95.9 Å². The van der Waals surface area contributed by atoms with Crippen molar-refractivity contribution < 1.29 is 25.4 Å². The summed E-state index contributed by atoms with van der Waals surface area (Å²) in [6.07, 6.45) is 0. The Morgan fingerprint density at radius 1 is 0.478 bits per heavy atom. The first kappa shape index (κ1) is 29.7. The van der Waals surface area contributed by atoms with Crippen molar-refractivity contribution in [2.45, 2.75) is 4.90 Å². The van der Waals surface area contributed by atoms with Crippen molar-refractivity contribution >= 4 is 71.6 Å². The van der Waals surface area contributed by atoms with Gasteiger partial charge in [0.05, 0.1) is 4.90 Å². The van der Waals surface area contributed by atoms with Gasteiger partial charge < -0.3 is 22.4 Å². The van der Waals surface area contributed by atoms with Crippen LogP contribution in [0, 0.1) is 0 Å². The van der Waals surface area contributed by atoms with Gasteiger partial charge in [0.25, 0.3) is 10.1 Å². The molecule has 0 radical (unpaired) electrons. The third-order valence-electron chi connectivity index (χ3n) is 7.82. The van der Waals surface area contributed by atoms with Crippen molar-refractivity contribution in [3.05, 3.63) is 91.0 Å². The summed E-state index contributed by atoms with van der Waals surface area (Å²) < 4.78 is 33.9. The maximum Gasteiger partial charge on any atom is 3.00 e. The zero-order chi connectivity index (χ0) is 29.6. The summed E-state index contributed by atoms with van der Waals surface area (Å²) in [6.45, 7) is 0. The van der Waals surface area contributed by atoms with E-state index in [2.05, 4.69) is 9.97 Å². The molecule has 11 nitrogen and oxygen atoms in total. The second kappa shape index (κ2) is 10.8. The van der Waals surface area contributed by atoms with E-state index in [4.69, 9.17) is 29.9 Å². The second-order valence-corrected chi connectivity index (χ2v) is 11.9. The summed E-state index contributed by atoms with van der Waals surface area (Å²) in [6, 6.07) is 27.5. The second-order valence-electron chi connectivity index (χ2n) is 10.4. The molecule has 5 heterocycles. The van der Waals surface area contributed by atoms with Gasteiger partial charge in [0.2, 0.25) is 0 Å².